The number of rotatable bonds is 9. The normalized spacial score (nSPS) is 28.4. The summed E-state index contributed by atoms with van der Waals surface area (Å²) in [5.41, 5.74) is -1.58. The second-order valence-corrected chi connectivity index (χ2v) is 10.5. The maximum Gasteiger partial charge on any atom is 0.330 e. The topological polar surface area (TPSA) is 229 Å². The fourth-order valence-corrected chi connectivity index (χ4v) is 5.54. The molecule has 1 aromatic carbocycles. The number of hydrogen-bond acceptors (Lipinski definition) is 12. The van der Waals surface area contributed by atoms with Crippen molar-refractivity contribution >= 4 is 0 Å². The molecule has 0 aliphatic carbocycles. The molecule has 5 heterocycles. The Morgan fingerprint density at radius 3 is 2.07 bits per heavy atom. The molecule has 0 bridgehead atoms. The number of aromatic nitrogens is 7. The molecule has 2 aliphatic heterocycles. The fourth-order valence-electron chi connectivity index (χ4n) is 5.54. The van der Waals surface area contributed by atoms with Gasteiger partial charge in [-0.2, -0.15) is 0 Å². The summed E-state index contributed by atoms with van der Waals surface area (Å²) in [5.74, 6) is 0. The third-order valence-corrected chi connectivity index (χ3v) is 7.64. The highest BCUT2D eigenvalue weighted by Gasteiger charge is 2.48. The van der Waals surface area contributed by atoms with Gasteiger partial charge in [0.15, 0.2) is 12.5 Å². The SMILES string of the molecule is O=c1ccn([C@@H]2O[C@H](Cc3cn([C@H]4[C@@H](O)[C@H](n5ccc(=O)[nH]c5=O)O[C@@H]4CO)nn3)[C@@H](OCc3ccccc3)[C@H]2O)c(=O)[nH]1. The number of nitrogens with zero attached hydrogens (tertiary/aromatic N) is 5. The number of nitrogens with one attached hydrogen (secondary N) is 2. The van der Waals surface area contributed by atoms with Crippen molar-refractivity contribution < 1.29 is 29.5 Å². The molecule has 0 radical (unpaired) electrons. The molecule has 6 rings (SSSR count). The minimum Gasteiger partial charge on any atom is -0.394 e. The molecule has 0 spiro atoms. The molecule has 3 aromatic heterocycles. The van der Waals surface area contributed by atoms with E-state index in [4.69, 9.17) is 14.2 Å². The van der Waals surface area contributed by atoms with Crippen LogP contribution in [0, 0.1) is 0 Å². The molecular formula is C27H29N7O10. The smallest absolute Gasteiger partial charge is 0.330 e. The predicted molar refractivity (Wildman–Crippen MR) is 147 cm³/mol. The van der Waals surface area contributed by atoms with Crippen LogP contribution < -0.4 is 22.5 Å². The van der Waals surface area contributed by atoms with Crippen LogP contribution in [0.2, 0.25) is 0 Å². The van der Waals surface area contributed by atoms with Gasteiger partial charge in [0, 0.05) is 37.1 Å². The van der Waals surface area contributed by atoms with Gasteiger partial charge in [-0.3, -0.25) is 28.7 Å². The van der Waals surface area contributed by atoms with Crippen molar-refractivity contribution in [1.29, 1.82) is 0 Å². The van der Waals surface area contributed by atoms with Crippen LogP contribution in [0.25, 0.3) is 0 Å². The first kappa shape index (κ1) is 29.5. The van der Waals surface area contributed by atoms with Crippen LogP contribution in [-0.4, -0.2) is 86.5 Å². The Labute approximate surface area is 246 Å². The highest BCUT2D eigenvalue weighted by Crippen LogP contribution is 2.37. The van der Waals surface area contributed by atoms with Gasteiger partial charge in [0.05, 0.1) is 25.0 Å². The molecule has 232 valence electrons. The third kappa shape index (κ3) is 5.71. The lowest BCUT2D eigenvalue weighted by molar-refractivity contribution is -0.0535. The zero-order valence-electron chi connectivity index (χ0n) is 22.9. The van der Waals surface area contributed by atoms with Crippen LogP contribution in [0.3, 0.4) is 0 Å². The Morgan fingerprint density at radius 1 is 0.841 bits per heavy atom. The van der Waals surface area contributed by atoms with Crippen LogP contribution in [-0.2, 0) is 27.2 Å². The van der Waals surface area contributed by atoms with Gasteiger partial charge < -0.3 is 29.5 Å². The van der Waals surface area contributed by atoms with Crippen molar-refractivity contribution in [3.05, 3.63) is 114 Å². The van der Waals surface area contributed by atoms with E-state index in [2.05, 4.69) is 20.3 Å². The van der Waals surface area contributed by atoms with Crippen LogP contribution in [0.15, 0.2) is 80.2 Å². The van der Waals surface area contributed by atoms with Gasteiger partial charge in [-0.1, -0.05) is 35.5 Å². The number of aliphatic hydroxyl groups excluding tert-OH is 3. The summed E-state index contributed by atoms with van der Waals surface area (Å²) in [7, 11) is 0. The van der Waals surface area contributed by atoms with E-state index in [0.29, 0.717) is 5.69 Å². The average molecular weight is 612 g/mol. The first-order valence-corrected chi connectivity index (χ1v) is 13.7. The second kappa shape index (κ2) is 12.2. The maximum atomic E-state index is 12.5. The molecule has 2 aliphatic rings. The molecule has 0 unspecified atom stereocenters. The molecule has 44 heavy (non-hydrogen) atoms. The number of hydrogen-bond donors (Lipinski definition) is 5. The van der Waals surface area contributed by atoms with E-state index in [1.165, 1.54) is 23.3 Å². The van der Waals surface area contributed by atoms with Gasteiger partial charge >= 0.3 is 11.4 Å². The lowest BCUT2D eigenvalue weighted by Crippen LogP contribution is -2.38. The summed E-state index contributed by atoms with van der Waals surface area (Å²) < 4.78 is 21.3. The number of benzene rings is 1. The summed E-state index contributed by atoms with van der Waals surface area (Å²) in [4.78, 5) is 52.1. The van der Waals surface area contributed by atoms with Crippen molar-refractivity contribution in [2.75, 3.05) is 6.61 Å². The zero-order valence-corrected chi connectivity index (χ0v) is 22.9. The number of aromatic amines is 2. The van der Waals surface area contributed by atoms with Gasteiger partial charge in [-0.25, -0.2) is 14.3 Å². The highest BCUT2D eigenvalue weighted by atomic mass is 16.6. The van der Waals surface area contributed by atoms with Gasteiger partial charge in [0.2, 0.25) is 0 Å². The molecule has 5 N–H and O–H groups in total. The first-order chi connectivity index (χ1) is 21.2. The second-order valence-electron chi connectivity index (χ2n) is 10.5. The highest BCUT2D eigenvalue weighted by molar-refractivity contribution is 5.14. The van der Waals surface area contributed by atoms with Crippen molar-refractivity contribution in [3.63, 3.8) is 0 Å². The van der Waals surface area contributed by atoms with Gasteiger partial charge in [-0.15, -0.1) is 5.10 Å². The standard InChI is InChI=1S/C27H29N7O10/c35-12-17-20(21(38)24(44-17)32-8-6-18(36)28-26(32)40)34-11-15(30-31-34)10-16-23(42-13-14-4-2-1-3-5-14)22(39)25(43-16)33-9-7-19(37)29-27(33)41/h1-9,11,16-17,20-25,35,38-39H,10,12-13H2,(H,28,36,40)(H,29,37,41)/t16-,17-,20-,21-,22-,23-,24-,25-/m1/s1. The molecule has 0 amide bonds. The summed E-state index contributed by atoms with van der Waals surface area (Å²) in [5, 5.41) is 40.6. The lowest BCUT2D eigenvalue weighted by atomic mass is 10.1. The molecular weight excluding hydrogens is 582 g/mol. The Kier molecular flexibility index (Phi) is 8.21. The Morgan fingerprint density at radius 2 is 1.45 bits per heavy atom. The number of aliphatic hydroxyl groups is 3. The molecule has 0 saturated carbocycles. The summed E-state index contributed by atoms with van der Waals surface area (Å²) in [6.07, 6.45) is -3.84. The van der Waals surface area contributed by atoms with Crippen molar-refractivity contribution in [2.45, 2.75) is 62.0 Å². The molecule has 2 saturated heterocycles. The quantitative estimate of drug-likeness (QED) is 0.133. The third-order valence-electron chi connectivity index (χ3n) is 7.64. The predicted octanol–water partition coefficient (Wildman–Crippen LogP) is -2.44. The fraction of sp³-hybridized carbons (Fsp3) is 0.407. The molecule has 2 fully saturated rings. The molecule has 8 atom stereocenters. The number of ether oxygens (including phenoxy) is 3. The van der Waals surface area contributed by atoms with E-state index in [-0.39, 0.29) is 13.0 Å². The molecule has 17 nitrogen and oxygen atoms in total. The van der Waals surface area contributed by atoms with E-state index in [0.717, 1.165) is 26.8 Å². The maximum absolute atomic E-state index is 12.5. The zero-order chi connectivity index (χ0) is 31.0. The number of H-pyrrole nitrogens is 2. The summed E-state index contributed by atoms with van der Waals surface area (Å²) in [6, 6.07) is 10.5. The monoisotopic (exact) mass is 611 g/mol. The van der Waals surface area contributed by atoms with Gasteiger partial charge in [-0.05, 0) is 5.56 Å². The Bertz CT molecular complexity index is 1830. The van der Waals surface area contributed by atoms with E-state index >= 15 is 0 Å². The lowest BCUT2D eigenvalue weighted by Gasteiger charge is -2.21. The molecule has 4 aromatic rings. The van der Waals surface area contributed by atoms with E-state index < -0.39 is 78.1 Å². The van der Waals surface area contributed by atoms with Crippen molar-refractivity contribution in [3.8, 4) is 0 Å². The first-order valence-electron chi connectivity index (χ1n) is 13.7. The van der Waals surface area contributed by atoms with Crippen LogP contribution in [0.1, 0.15) is 29.8 Å². The largest absolute Gasteiger partial charge is 0.394 e. The summed E-state index contributed by atoms with van der Waals surface area (Å²) in [6.45, 7) is -0.383. The molecule has 17 heteroatoms. The van der Waals surface area contributed by atoms with Crippen LogP contribution in [0.5, 0.6) is 0 Å². The minimum absolute atomic E-state index is 0.0569. The Hall–Kier alpha value is -4.52. The summed E-state index contributed by atoms with van der Waals surface area (Å²) >= 11 is 0. The van der Waals surface area contributed by atoms with E-state index in [9.17, 15) is 34.5 Å². The van der Waals surface area contributed by atoms with E-state index in [1.807, 2.05) is 30.3 Å². The van der Waals surface area contributed by atoms with Gasteiger partial charge in [0.25, 0.3) is 11.1 Å². The van der Waals surface area contributed by atoms with E-state index in [1.54, 1.807) is 0 Å². The van der Waals surface area contributed by atoms with Crippen LogP contribution in [0.4, 0.5) is 0 Å². The van der Waals surface area contributed by atoms with Gasteiger partial charge in [0.1, 0.15) is 30.5 Å². The Balaban J connectivity index is 1.24. The van der Waals surface area contributed by atoms with Crippen molar-refractivity contribution in [1.82, 2.24) is 34.1 Å². The average Bonchev–Trinajstić information content (AvgIpc) is 3.68. The van der Waals surface area contributed by atoms with Crippen LogP contribution >= 0.6 is 0 Å². The minimum atomic E-state index is -1.37. The van der Waals surface area contributed by atoms with Crippen molar-refractivity contribution in [2.24, 2.45) is 0 Å².